The number of thioether (sulfide) groups is 1. The summed E-state index contributed by atoms with van der Waals surface area (Å²) < 4.78 is 10.9. The third-order valence-corrected chi connectivity index (χ3v) is 6.76. The van der Waals surface area contributed by atoms with Gasteiger partial charge in [-0.2, -0.15) is 5.26 Å². The number of methoxy groups -OCH3 is 1. The Balaban J connectivity index is 1.92. The molecule has 1 atom stereocenters. The number of benzene rings is 2. The number of carbonyl (C=O) groups excluding carboxylic acids is 2. The molecule has 0 saturated heterocycles. The van der Waals surface area contributed by atoms with Gasteiger partial charge in [-0.25, -0.2) is 4.79 Å². The molecule has 37 heavy (non-hydrogen) atoms. The van der Waals surface area contributed by atoms with E-state index in [1.54, 1.807) is 70.2 Å². The molecule has 0 aromatic heterocycles. The number of anilines is 1. The first-order chi connectivity index (χ1) is 17.4. The lowest BCUT2D eigenvalue weighted by Gasteiger charge is -2.31. The van der Waals surface area contributed by atoms with Crippen molar-refractivity contribution < 1.29 is 19.1 Å². The molecule has 2 aromatic rings. The molecule has 0 spiro atoms. The van der Waals surface area contributed by atoms with E-state index in [1.807, 2.05) is 0 Å². The lowest BCUT2D eigenvalue weighted by Crippen LogP contribution is -2.32. The van der Waals surface area contributed by atoms with Gasteiger partial charge in [0.15, 0.2) is 0 Å². The maximum absolute atomic E-state index is 13.2. The summed E-state index contributed by atoms with van der Waals surface area (Å²) in [5.41, 5.74) is 1.58. The van der Waals surface area contributed by atoms with Crippen molar-refractivity contribution in [1.82, 2.24) is 5.32 Å². The van der Waals surface area contributed by atoms with Crippen molar-refractivity contribution >= 4 is 52.5 Å². The molecule has 194 valence electrons. The number of ether oxygens (including phenoxy) is 2. The molecule has 7 nitrogen and oxygen atoms in total. The molecule has 0 saturated carbocycles. The van der Waals surface area contributed by atoms with Gasteiger partial charge in [0.1, 0.15) is 11.4 Å². The maximum atomic E-state index is 13.2. The number of amides is 1. The minimum Gasteiger partial charge on any atom is -0.495 e. The number of rotatable bonds is 7. The van der Waals surface area contributed by atoms with E-state index < -0.39 is 17.5 Å². The van der Waals surface area contributed by atoms with E-state index in [0.29, 0.717) is 48.9 Å². The first-order valence-electron chi connectivity index (χ1n) is 11.3. The van der Waals surface area contributed by atoms with Crippen LogP contribution in [-0.4, -0.2) is 30.3 Å². The zero-order chi connectivity index (χ0) is 27.3. The highest BCUT2D eigenvalue weighted by atomic mass is 35.5. The van der Waals surface area contributed by atoms with Gasteiger partial charge in [-0.1, -0.05) is 47.1 Å². The molecule has 0 bridgehead atoms. The minimum absolute atomic E-state index is 0.00836. The highest BCUT2D eigenvalue weighted by molar-refractivity contribution is 8.03. The summed E-state index contributed by atoms with van der Waals surface area (Å²) in [5, 5.41) is 17.6. The van der Waals surface area contributed by atoms with Gasteiger partial charge >= 0.3 is 5.97 Å². The van der Waals surface area contributed by atoms with Gasteiger partial charge in [-0.05, 0) is 63.6 Å². The number of nitrogens with zero attached hydrogens (tertiary/aromatic N) is 1. The van der Waals surface area contributed by atoms with E-state index in [1.165, 1.54) is 7.11 Å². The summed E-state index contributed by atoms with van der Waals surface area (Å²) in [6.45, 7) is 7.09. The predicted octanol–water partition coefficient (Wildman–Crippen LogP) is 6.41. The first-order valence-corrected chi connectivity index (χ1v) is 13.0. The van der Waals surface area contributed by atoms with Crippen LogP contribution in [0.15, 0.2) is 64.3 Å². The van der Waals surface area contributed by atoms with E-state index >= 15 is 0 Å². The lowest BCUT2D eigenvalue weighted by atomic mass is 9.82. The van der Waals surface area contributed by atoms with Crippen LogP contribution in [-0.2, 0) is 14.3 Å². The van der Waals surface area contributed by atoms with Gasteiger partial charge in [0.25, 0.3) is 0 Å². The van der Waals surface area contributed by atoms with Crippen molar-refractivity contribution in [2.24, 2.45) is 0 Å². The SMILES string of the molecule is COc1ccc(Cl)cc1NC(=O)CSC1=C(C#N)[C@@H](c2ccc(Cl)cc2)C(C(=O)OC(C)(C)C)=C(C)N1. The van der Waals surface area contributed by atoms with Crippen LogP contribution in [0.3, 0.4) is 0 Å². The van der Waals surface area contributed by atoms with Gasteiger partial charge < -0.3 is 20.1 Å². The van der Waals surface area contributed by atoms with Crippen LogP contribution in [0.2, 0.25) is 10.0 Å². The molecule has 3 rings (SSSR count). The Morgan fingerprint density at radius 1 is 1.14 bits per heavy atom. The fraction of sp³-hybridized carbons (Fsp3) is 0.296. The molecule has 2 aromatic carbocycles. The standard InChI is InChI=1S/C27H27Cl2N3O4S/c1-15-23(26(34)36-27(2,3)4)24(16-6-8-17(28)9-7-16)19(13-30)25(31-15)37-14-22(33)32-20-12-18(29)10-11-21(20)35-5/h6-12,24,31H,14H2,1-5H3,(H,32,33)/t24-/m1/s1. The van der Waals surface area contributed by atoms with Gasteiger partial charge in [0, 0.05) is 15.7 Å². The second kappa shape index (κ2) is 12.0. The summed E-state index contributed by atoms with van der Waals surface area (Å²) in [6, 6.07) is 14.1. The van der Waals surface area contributed by atoms with E-state index in [4.69, 9.17) is 32.7 Å². The number of esters is 1. The Morgan fingerprint density at radius 2 is 1.78 bits per heavy atom. The van der Waals surface area contributed by atoms with Crippen LogP contribution in [0.5, 0.6) is 5.75 Å². The third-order valence-electron chi connectivity index (χ3n) is 5.25. The van der Waals surface area contributed by atoms with Crippen molar-refractivity contribution in [3.63, 3.8) is 0 Å². The van der Waals surface area contributed by atoms with E-state index in [0.717, 1.165) is 11.8 Å². The highest BCUT2D eigenvalue weighted by Crippen LogP contribution is 2.41. The maximum Gasteiger partial charge on any atom is 0.337 e. The number of hydrogen-bond acceptors (Lipinski definition) is 7. The molecule has 2 N–H and O–H groups in total. The van der Waals surface area contributed by atoms with Crippen LogP contribution in [0.1, 0.15) is 39.2 Å². The number of allylic oxidation sites excluding steroid dienone is 2. The molecule has 1 aliphatic rings. The number of carbonyl (C=O) groups is 2. The summed E-state index contributed by atoms with van der Waals surface area (Å²) >= 11 is 13.3. The number of nitrogens with one attached hydrogen (secondary N) is 2. The lowest BCUT2D eigenvalue weighted by molar-refractivity contribution is -0.150. The topological polar surface area (TPSA) is 100 Å². The second-order valence-corrected chi connectivity index (χ2v) is 11.0. The first kappa shape index (κ1) is 28.5. The van der Waals surface area contributed by atoms with E-state index in [-0.39, 0.29) is 11.7 Å². The van der Waals surface area contributed by atoms with Crippen LogP contribution in [0.4, 0.5) is 5.69 Å². The van der Waals surface area contributed by atoms with Gasteiger partial charge in [0.05, 0.1) is 46.7 Å². The summed E-state index contributed by atoms with van der Waals surface area (Å²) in [7, 11) is 1.50. The largest absolute Gasteiger partial charge is 0.495 e. The predicted molar refractivity (Wildman–Crippen MR) is 148 cm³/mol. The number of dihydropyridines is 1. The second-order valence-electron chi connectivity index (χ2n) is 9.19. The quantitative estimate of drug-likeness (QED) is 0.378. The zero-order valence-electron chi connectivity index (χ0n) is 21.1. The smallest absolute Gasteiger partial charge is 0.337 e. The number of hydrogen-bond donors (Lipinski definition) is 2. The monoisotopic (exact) mass is 559 g/mol. The molecule has 10 heteroatoms. The van der Waals surface area contributed by atoms with Crippen LogP contribution < -0.4 is 15.4 Å². The van der Waals surface area contributed by atoms with E-state index in [2.05, 4.69) is 16.7 Å². The minimum atomic E-state index is -0.722. The van der Waals surface area contributed by atoms with Gasteiger partial charge in [0.2, 0.25) is 5.91 Å². The average molecular weight is 561 g/mol. The molecule has 1 heterocycles. The van der Waals surface area contributed by atoms with Crippen molar-refractivity contribution in [2.75, 3.05) is 18.2 Å². The molecule has 0 fully saturated rings. The number of nitriles is 1. The molecule has 1 amide bonds. The number of halogens is 2. The summed E-state index contributed by atoms with van der Waals surface area (Å²) in [4.78, 5) is 26.0. The molecule has 0 unspecified atom stereocenters. The Morgan fingerprint density at radius 3 is 2.38 bits per heavy atom. The van der Waals surface area contributed by atoms with Gasteiger partial charge in [-0.3, -0.25) is 4.79 Å². The molecular formula is C27H27Cl2N3O4S. The van der Waals surface area contributed by atoms with Crippen molar-refractivity contribution in [3.05, 3.63) is 79.9 Å². The highest BCUT2D eigenvalue weighted by Gasteiger charge is 2.37. The van der Waals surface area contributed by atoms with Gasteiger partial charge in [-0.15, -0.1) is 0 Å². The Hall–Kier alpha value is -3.12. The zero-order valence-corrected chi connectivity index (χ0v) is 23.4. The summed E-state index contributed by atoms with van der Waals surface area (Å²) in [5.74, 6) is -1.08. The van der Waals surface area contributed by atoms with Crippen molar-refractivity contribution in [3.8, 4) is 11.8 Å². The fourth-order valence-electron chi connectivity index (χ4n) is 3.72. The third kappa shape index (κ3) is 7.22. The average Bonchev–Trinajstić information content (AvgIpc) is 2.81. The molecule has 0 aliphatic carbocycles. The molecule has 0 radical (unpaired) electrons. The Labute approximate surface area is 230 Å². The normalized spacial score (nSPS) is 15.6. The van der Waals surface area contributed by atoms with E-state index in [9.17, 15) is 14.9 Å². The summed E-state index contributed by atoms with van der Waals surface area (Å²) in [6.07, 6.45) is 0. The van der Waals surface area contributed by atoms with Crippen molar-refractivity contribution in [1.29, 1.82) is 5.26 Å². The molecular weight excluding hydrogens is 533 g/mol. The Bertz CT molecular complexity index is 1310. The molecule has 1 aliphatic heterocycles. The Kier molecular flexibility index (Phi) is 9.19. The van der Waals surface area contributed by atoms with Crippen LogP contribution in [0.25, 0.3) is 0 Å². The van der Waals surface area contributed by atoms with Crippen molar-refractivity contribution in [2.45, 2.75) is 39.2 Å². The van der Waals surface area contributed by atoms with Crippen LogP contribution in [0, 0.1) is 11.3 Å². The van der Waals surface area contributed by atoms with Crippen LogP contribution >= 0.6 is 35.0 Å². The fourth-order valence-corrected chi connectivity index (χ4v) is 4.91.